The molecule has 0 saturated carbocycles. The van der Waals surface area contributed by atoms with Gasteiger partial charge < -0.3 is 30.1 Å². The Morgan fingerprint density at radius 2 is 1.84 bits per heavy atom. The topological polar surface area (TPSA) is 108 Å². The predicted octanol–water partition coefficient (Wildman–Crippen LogP) is 0.639. The van der Waals surface area contributed by atoms with Crippen LogP contribution in [0.15, 0.2) is 23.3 Å². The van der Waals surface area contributed by atoms with E-state index in [2.05, 4.69) is 25.2 Å². The Labute approximate surface area is 149 Å². The fourth-order valence-electron chi connectivity index (χ4n) is 2.59. The van der Waals surface area contributed by atoms with E-state index in [0.29, 0.717) is 0 Å². The Morgan fingerprint density at radius 3 is 2.40 bits per heavy atom. The number of nitrogens with one attached hydrogen (secondary N) is 1. The van der Waals surface area contributed by atoms with Gasteiger partial charge in [-0.3, -0.25) is 4.79 Å². The van der Waals surface area contributed by atoms with Crippen molar-refractivity contribution in [2.75, 3.05) is 13.2 Å². The summed E-state index contributed by atoms with van der Waals surface area (Å²) >= 11 is 0. The van der Waals surface area contributed by atoms with E-state index in [1.165, 1.54) is 12.5 Å². The van der Waals surface area contributed by atoms with E-state index in [1.54, 1.807) is 0 Å². The molecule has 0 spiro atoms. The van der Waals surface area contributed by atoms with Crippen molar-refractivity contribution in [1.82, 2.24) is 5.32 Å². The molecule has 144 valence electrons. The smallest absolute Gasteiger partial charge is 0.217 e. The third kappa shape index (κ3) is 7.25. The first-order valence-electron chi connectivity index (χ1n) is 8.56. The summed E-state index contributed by atoms with van der Waals surface area (Å²) < 4.78 is 11.1. The highest BCUT2D eigenvalue weighted by atomic mass is 16.7. The van der Waals surface area contributed by atoms with Gasteiger partial charge in [0.05, 0.1) is 13.2 Å². The fourth-order valence-corrected chi connectivity index (χ4v) is 2.59. The van der Waals surface area contributed by atoms with Crippen LogP contribution in [0.1, 0.15) is 40.5 Å². The van der Waals surface area contributed by atoms with Crippen LogP contribution in [0.4, 0.5) is 0 Å². The summed E-state index contributed by atoms with van der Waals surface area (Å²) in [6.07, 6.45) is 1.43. The molecule has 1 aliphatic heterocycles. The van der Waals surface area contributed by atoms with E-state index in [-0.39, 0.29) is 12.5 Å². The second kappa shape index (κ2) is 10.7. The van der Waals surface area contributed by atoms with E-state index in [1.807, 2.05) is 13.0 Å². The second-order valence-electron chi connectivity index (χ2n) is 6.64. The second-order valence-corrected chi connectivity index (χ2v) is 6.64. The van der Waals surface area contributed by atoms with Crippen molar-refractivity contribution >= 4 is 5.91 Å². The Hall–Kier alpha value is -1.25. The summed E-state index contributed by atoms with van der Waals surface area (Å²) in [4.78, 5) is 11.3. The van der Waals surface area contributed by atoms with E-state index in [4.69, 9.17) is 9.47 Å². The number of aliphatic hydroxyl groups is 3. The van der Waals surface area contributed by atoms with Crippen molar-refractivity contribution in [2.24, 2.45) is 0 Å². The first-order valence-corrected chi connectivity index (χ1v) is 8.56. The Morgan fingerprint density at radius 1 is 1.16 bits per heavy atom. The maximum atomic E-state index is 11.3. The molecule has 7 heteroatoms. The van der Waals surface area contributed by atoms with E-state index >= 15 is 0 Å². The molecular weight excluding hydrogens is 326 g/mol. The predicted molar refractivity (Wildman–Crippen MR) is 93.7 cm³/mol. The molecule has 0 bridgehead atoms. The number of ether oxygens (including phenoxy) is 2. The zero-order valence-corrected chi connectivity index (χ0v) is 15.4. The largest absolute Gasteiger partial charge is 0.394 e. The highest BCUT2D eigenvalue weighted by Crippen LogP contribution is 2.22. The van der Waals surface area contributed by atoms with Crippen LogP contribution in [0.5, 0.6) is 0 Å². The average Bonchev–Trinajstić information content (AvgIpc) is 2.53. The van der Waals surface area contributed by atoms with Crippen LogP contribution >= 0.6 is 0 Å². The zero-order chi connectivity index (χ0) is 19.0. The quantitative estimate of drug-likeness (QED) is 0.475. The van der Waals surface area contributed by atoms with Gasteiger partial charge in [-0.25, -0.2) is 0 Å². The third-order valence-corrected chi connectivity index (χ3v) is 4.03. The van der Waals surface area contributed by atoms with Crippen LogP contribution in [0.2, 0.25) is 0 Å². The molecule has 1 amide bonds. The first kappa shape index (κ1) is 21.8. The number of aliphatic hydroxyl groups excluding tert-OH is 3. The van der Waals surface area contributed by atoms with Gasteiger partial charge in [-0.15, -0.1) is 0 Å². The molecule has 1 fully saturated rings. The Bertz CT molecular complexity index is 486. The SMILES string of the molecule is CC(=O)NC1C(OC/C=C(\C)CCC=C(C)C)OC(CO)C(O)C1O. The van der Waals surface area contributed by atoms with Gasteiger partial charge in [0.15, 0.2) is 6.29 Å². The lowest BCUT2D eigenvalue weighted by atomic mass is 9.97. The molecule has 25 heavy (non-hydrogen) atoms. The first-order chi connectivity index (χ1) is 11.8. The molecule has 0 aromatic heterocycles. The minimum absolute atomic E-state index is 0.238. The van der Waals surface area contributed by atoms with Crippen LogP contribution in [0.3, 0.4) is 0 Å². The summed E-state index contributed by atoms with van der Waals surface area (Å²) in [5.74, 6) is -0.371. The summed E-state index contributed by atoms with van der Waals surface area (Å²) in [5.41, 5.74) is 2.43. The number of amides is 1. The van der Waals surface area contributed by atoms with Crippen molar-refractivity contribution in [3.8, 4) is 0 Å². The van der Waals surface area contributed by atoms with Crippen LogP contribution < -0.4 is 5.32 Å². The monoisotopic (exact) mass is 357 g/mol. The van der Waals surface area contributed by atoms with Gasteiger partial charge >= 0.3 is 0 Å². The average molecular weight is 357 g/mol. The number of rotatable bonds is 8. The molecule has 1 aliphatic rings. The lowest BCUT2D eigenvalue weighted by Gasteiger charge is -2.42. The van der Waals surface area contributed by atoms with E-state index in [9.17, 15) is 20.1 Å². The van der Waals surface area contributed by atoms with Crippen molar-refractivity contribution in [2.45, 2.75) is 71.2 Å². The van der Waals surface area contributed by atoms with Gasteiger partial charge in [-0.2, -0.15) is 0 Å². The number of carbonyl (C=O) groups is 1. The summed E-state index contributed by atoms with van der Waals surface area (Å²) in [5, 5.41) is 31.9. The molecule has 5 atom stereocenters. The minimum Gasteiger partial charge on any atom is -0.394 e. The molecule has 1 saturated heterocycles. The van der Waals surface area contributed by atoms with Crippen LogP contribution in [-0.4, -0.2) is 65.1 Å². The fraction of sp³-hybridized carbons (Fsp3) is 0.722. The van der Waals surface area contributed by atoms with Gasteiger partial charge in [-0.05, 0) is 33.6 Å². The Kier molecular flexibility index (Phi) is 9.31. The summed E-state index contributed by atoms with van der Waals surface area (Å²) in [6.45, 7) is 7.21. The van der Waals surface area contributed by atoms with Crippen molar-refractivity contribution in [3.63, 3.8) is 0 Å². The molecule has 1 heterocycles. The van der Waals surface area contributed by atoms with Crippen LogP contribution in [-0.2, 0) is 14.3 Å². The van der Waals surface area contributed by atoms with Gasteiger partial charge in [0.2, 0.25) is 5.91 Å². The molecule has 5 unspecified atom stereocenters. The molecule has 0 aromatic carbocycles. The standard InChI is InChI=1S/C18H31NO6/c1-11(2)6-5-7-12(3)8-9-24-18-15(19-13(4)21)17(23)16(22)14(10-20)25-18/h6,8,14-18,20,22-23H,5,7,9-10H2,1-4H3,(H,19,21)/b12-8+. The highest BCUT2D eigenvalue weighted by molar-refractivity contribution is 5.73. The number of carbonyl (C=O) groups excluding carboxylic acids is 1. The van der Waals surface area contributed by atoms with E-state index in [0.717, 1.165) is 18.4 Å². The molecule has 0 aliphatic carbocycles. The lowest BCUT2D eigenvalue weighted by molar-refractivity contribution is -0.267. The molecule has 1 rings (SSSR count). The van der Waals surface area contributed by atoms with Crippen molar-refractivity contribution in [1.29, 1.82) is 0 Å². The van der Waals surface area contributed by atoms with Crippen molar-refractivity contribution in [3.05, 3.63) is 23.3 Å². The maximum Gasteiger partial charge on any atom is 0.217 e. The van der Waals surface area contributed by atoms with Crippen LogP contribution in [0.25, 0.3) is 0 Å². The van der Waals surface area contributed by atoms with Gasteiger partial charge in [0, 0.05) is 6.92 Å². The van der Waals surface area contributed by atoms with Gasteiger partial charge in [0.25, 0.3) is 0 Å². The number of hydrogen-bond acceptors (Lipinski definition) is 6. The normalized spacial score (nSPS) is 30.0. The number of hydrogen-bond donors (Lipinski definition) is 4. The third-order valence-electron chi connectivity index (χ3n) is 4.03. The molecule has 0 aromatic rings. The van der Waals surface area contributed by atoms with Crippen LogP contribution in [0, 0.1) is 0 Å². The van der Waals surface area contributed by atoms with E-state index < -0.39 is 37.3 Å². The van der Waals surface area contributed by atoms with Gasteiger partial charge in [0.1, 0.15) is 24.4 Å². The lowest BCUT2D eigenvalue weighted by Crippen LogP contribution is -2.64. The maximum absolute atomic E-state index is 11.3. The molecule has 0 radical (unpaired) electrons. The molecular formula is C18H31NO6. The highest BCUT2D eigenvalue weighted by Gasteiger charge is 2.45. The Balaban J connectivity index is 2.65. The molecule has 4 N–H and O–H groups in total. The molecule has 7 nitrogen and oxygen atoms in total. The summed E-state index contributed by atoms with van der Waals surface area (Å²) in [7, 11) is 0. The number of allylic oxidation sites excluding steroid dienone is 3. The summed E-state index contributed by atoms with van der Waals surface area (Å²) in [6, 6.07) is -0.908. The zero-order valence-electron chi connectivity index (χ0n) is 15.4. The van der Waals surface area contributed by atoms with Crippen molar-refractivity contribution < 1.29 is 29.6 Å². The van der Waals surface area contributed by atoms with Gasteiger partial charge in [-0.1, -0.05) is 23.3 Å². The minimum atomic E-state index is -1.30.